The van der Waals surface area contributed by atoms with Crippen LogP contribution < -0.4 is 10.6 Å². The van der Waals surface area contributed by atoms with Crippen molar-refractivity contribution in [2.45, 2.75) is 38.3 Å². The van der Waals surface area contributed by atoms with Crippen molar-refractivity contribution >= 4 is 30.7 Å². The van der Waals surface area contributed by atoms with Crippen molar-refractivity contribution < 1.29 is 4.79 Å². The van der Waals surface area contributed by atoms with Gasteiger partial charge in [0.2, 0.25) is 5.91 Å². The van der Waals surface area contributed by atoms with Crippen molar-refractivity contribution in [1.82, 2.24) is 15.6 Å². The van der Waals surface area contributed by atoms with Gasteiger partial charge < -0.3 is 10.6 Å². The van der Waals surface area contributed by atoms with Gasteiger partial charge in [-0.1, -0.05) is 30.7 Å². The van der Waals surface area contributed by atoms with E-state index < -0.39 is 0 Å². The lowest BCUT2D eigenvalue weighted by Gasteiger charge is -2.24. The lowest BCUT2D eigenvalue weighted by Crippen LogP contribution is -2.47. The van der Waals surface area contributed by atoms with E-state index in [1.165, 1.54) is 0 Å². The Morgan fingerprint density at radius 2 is 1.72 bits per heavy atom. The first-order chi connectivity index (χ1) is 11.2. The predicted molar refractivity (Wildman–Crippen MR) is 106 cm³/mol. The van der Waals surface area contributed by atoms with Gasteiger partial charge in [0.25, 0.3) is 0 Å². The highest BCUT2D eigenvalue weighted by atomic mass is 35.5. The zero-order valence-corrected chi connectivity index (χ0v) is 15.9. The van der Waals surface area contributed by atoms with E-state index in [-0.39, 0.29) is 42.8 Å². The molecule has 2 N–H and O–H groups in total. The van der Waals surface area contributed by atoms with E-state index in [0.29, 0.717) is 0 Å². The first-order valence-electron chi connectivity index (χ1n) is 8.28. The molecule has 0 spiro atoms. The van der Waals surface area contributed by atoms with Gasteiger partial charge in [0.05, 0.1) is 12.1 Å². The van der Waals surface area contributed by atoms with E-state index in [9.17, 15) is 4.79 Å². The summed E-state index contributed by atoms with van der Waals surface area (Å²) in [5.41, 5.74) is 3.42. The van der Waals surface area contributed by atoms with Crippen LogP contribution in [0.1, 0.15) is 37.8 Å². The first kappa shape index (κ1) is 21.4. The van der Waals surface area contributed by atoms with E-state index in [4.69, 9.17) is 0 Å². The van der Waals surface area contributed by atoms with Gasteiger partial charge in [0.1, 0.15) is 0 Å². The summed E-state index contributed by atoms with van der Waals surface area (Å²) in [6.07, 6.45) is 6.81. The largest absolute Gasteiger partial charge is 0.348 e. The minimum Gasteiger partial charge on any atom is -0.348 e. The Hall–Kier alpha value is -1.62. The second-order valence-electron chi connectivity index (χ2n) is 6.09. The van der Waals surface area contributed by atoms with Crippen LogP contribution in [0.2, 0.25) is 0 Å². The molecule has 2 aromatic rings. The van der Waals surface area contributed by atoms with Crippen LogP contribution in [0, 0.1) is 0 Å². The standard InChI is InChI=1S/C19H23N3O.2ClH/c1-14(22-19(23)18-4-2-3-11-21-18)15-5-7-16(8-6-15)17-9-12-20-13-10-17;;/h5-10,12-14,18,21H,2-4,11H2,1H3,(H,22,23);2*1H/t14?,18-;;/m1../s1. The molecule has 1 amide bonds. The molecular formula is C19H25Cl2N3O. The van der Waals surface area contributed by atoms with E-state index in [1.54, 1.807) is 12.4 Å². The van der Waals surface area contributed by atoms with E-state index in [0.717, 1.165) is 42.5 Å². The molecule has 1 aliphatic rings. The van der Waals surface area contributed by atoms with Gasteiger partial charge in [-0.25, -0.2) is 0 Å². The Morgan fingerprint density at radius 1 is 1.08 bits per heavy atom. The summed E-state index contributed by atoms with van der Waals surface area (Å²) < 4.78 is 0. The maximum Gasteiger partial charge on any atom is 0.237 e. The summed E-state index contributed by atoms with van der Waals surface area (Å²) in [4.78, 5) is 16.3. The van der Waals surface area contributed by atoms with Crippen molar-refractivity contribution in [2.24, 2.45) is 0 Å². The number of hydrogen-bond donors (Lipinski definition) is 2. The second kappa shape index (κ2) is 10.4. The molecule has 2 heterocycles. The second-order valence-corrected chi connectivity index (χ2v) is 6.09. The van der Waals surface area contributed by atoms with E-state index in [1.807, 2.05) is 19.1 Å². The molecular weight excluding hydrogens is 357 g/mol. The molecule has 1 unspecified atom stereocenters. The highest BCUT2D eigenvalue weighted by Crippen LogP contribution is 2.21. The fraction of sp³-hybridized carbons (Fsp3) is 0.368. The molecule has 1 aliphatic heterocycles. The lowest BCUT2D eigenvalue weighted by atomic mass is 10.0. The van der Waals surface area contributed by atoms with Crippen LogP contribution in [-0.4, -0.2) is 23.5 Å². The Balaban J connectivity index is 0.00000156. The van der Waals surface area contributed by atoms with Gasteiger partial charge in [-0.05, 0) is 55.1 Å². The van der Waals surface area contributed by atoms with Crippen LogP contribution in [0.3, 0.4) is 0 Å². The molecule has 1 aromatic heterocycles. The number of halogens is 2. The topological polar surface area (TPSA) is 54.0 Å². The van der Waals surface area contributed by atoms with Crippen LogP contribution in [0.15, 0.2) is 48.8 Å². The zero-order valence-electron chi connectivity index (χ0n) is 14.3. The number of amides is 1. The molecule has 1 saturated heterocycles. The van der Waals surface area contributed by atoms with Gasteiger partial charge in [0, 0.05) is 12.4 Å². The quantitative estimate of drug-likeness (QED) is 0.843. The van der Waals surface area contributed by atoms with Crippen molar-refractivity contribution in [3.8, 4) is 11.1 Å². The van der Waals surface area contributed by atoms with E-state index >= 15 is 0 Å². The van der Waals surface area contributed by atoms with Crippen LogP contribution >= 0.6 is 24.8 Å². The monoisotopic (exact) mass is 381 g/mol. The number of nitrogens with zero attached hydrogens (tertiary/aromatic N) is 1. The summed E-state index contributed by atoms with van der Waals surface area (Å²) >= 11 is 0. The highest BCUT2D eigenvalue weighted by molar-refractivity contribution is 5.85. The van der Waals surface area contributed by atoms with Gasteiger partial charge >= 0.3 is 0 Å². The van der Waals surface area contributed by atoms with Crippen molar-refractivity contribution in [2.75, 3.05) is 6.54 Å². The Labute approximate surface area is 161 Å². The fourth-order valence-electron chi connectivity index (χ4n) is 2.98. The molecule has 2 atom stereocenters. The van der Waals surface area contributed by atoms with Crippen molar-refractivity contribution in [3.63, 3.8) is 0 Å². The zero-order chi connectivity index (χ0) is 16.1. The summed E-state index contributed by atoms with van der Waals surface area (Å²) in [5, 5.41) is 6.40. The third-order valence-corrected chi connectivity index (χ3v) is 4.41. The number of aromatic nitrogens is 1. The van der Waals surface area contributed by atoms with Gasteiger partial charge in [-0.2, -0.15) is 0 Å². The number of piperidine rings is 1. The van der Waals surface area contributed by atoms with Gasteiger partial charge in [0.15, 0.2) is 0 Å². The molecule has 3 rings (SSSR count). The molecule has 25 heavy (non-hydrogen) atoms. The number of pyridine rings is 1. The number of nitrogens with one attached hydrogen (secondary N) is 2. The van der Waals surface area contributed by atoms with Crippen molar-refractivity contribution in [3.05, 3.63) is 54.4 Å². The first-order valence-corrected chi connectivity index (χ1v) is 8.28. The third-order valence-electron chi connectivity index (χ3n) is 4.41. The molecule has 136 valence electrons. The predicted octanol–water partition coefficient (Wildman–Crippen LogP) is 3.91. The Kier molecular flexibility index (Phi) is 8.90. The molecule has 0 saturated carbocycles. The Morgan fingerprint density at radius 3 is 2.32 bits per heavy atom. The third kappa shape index (κ3) is 5.70. The molecule has 0 bridgehead atoms. The van der Waals surface area contributed by atoms with E-state index in [2.05, 4.69) is 39.9 Å². The number of hydrogen-bond acceptors (Lipinski definition) is 3. The molecule has 0 radical (unpaired) electrons. The van der Waals surface area contributed by atoms with Gasteiger partial charge in [-0.3, -0.25) is 9.78 Å². The average Bonchev–Trinajstić information content (AvgIpc) is 2.63. The molecule has 1 fully saturated rings. The number of rotatable bonds is 4. The minimum absolute atomic E-state index is 0. The summed E-state index contributed by atoms with van der Waals surface area (Å²) in [6, 6.07) is 12.3. The number of carbonyl (C=O) groups excluding carboxylic acids is 1. The maximum atomic E-state index is 12.3. The molecule has 4 nitrogen and oxygen atoms in total. The molecule has 1 aromatic carbocycles. The normalized spacial score (nSPS) is 17.6. The lowest BCUT2D eigenvalue weighted by molar-refractivity contribution is -0.124. The Bertz CT molecular complexity index is 643. The van der Waals surface area contributed by atoms with Crippen LogP contribution in [0.25, 0.3) is 11.1 Å². The minimum atomic E-state index is -0.0395. The van der Waals surface area contributed by atoms with Crippen LogP contribution in [0.5, 0.6) is 0 Å². The maximum absolute atomic E-state index is 12.3. The highest BCUT2D eigenvalue weighted by Gasteiger charge is 2.21. The summed E-state index contributed by atoms with van der Waals surface area (Å²) in [6.45, 7) is 2.97. The average molecular weight is 382 g/mol. The fourth-order valence-corrected chi connectivity index (χ4v) is 2.98. The molecule has 6 heteroatoms. The number of benzene rings is 1. The van der Waals surface area contributed by atoms with Gasteiger partial charge in [-0.15, -0.1) is 24.8 Å². The van der Waals surface area contributed by atoms with Crippen molar-refractivity contribution in [1.29, 1.82) is 0 Å². The smallest absolute Gasteiger partial charge is 0.237 e. The SMILES string of the molecule is CC(NC(=O)[C@H]1CCCCN1)c1ccc(-c2ccncc2)cc1.Cl.Cl. The van der Waals surface area contributed by atoms with Crippen LogP contribution in [0.4, 0.5) is 0 Å². The summed E-state index contributed by atoms with van der Waals surface area (Å²) in [5.74, 6) is 0.107. The molecule has 0 aliphatic carbocycles. The van der Waals surface area contributed by atoms with Crippen LogP contribution in [-0.2, 0) is 4.79 Å². The number of carbonyl (C=O) groups is 1. The summed E-state index contributed by atoms with van der Waals surface area (Å²) in [7, 11) is 0.